The number of esters is 1. The first-order chi connectivity index (χ1) is 13.6. The highest BCUT2D eigenvalue weighted by molar-refractivity contribution is 5.73. The van der Waals surface area contributed by atoms with Crippen molar-refractivity contribution in [3.8, 4) is 5.75 Å². The van der Waals surface area contributed by atoms with Gasteiger partial charge in [-0.25, -0.2) is 4.79 Å². The maximum absolute atomic E-state index is 11.6. The molecule has 5 N–H and O–H groups in total. The zero-order valence-corrected chi connectivity index (χ0v) is 16.4. The second kappa shape index (κ2) is 9.88. The van der Waals surface area contributed by atoms with Crippen molar-refractivity contribution in [1.29, 1.82) is 0 Å². The topological polar surface area (TPSA) is 155 Å². The van der Waals surface area contributed by atoms with Gasteiger partial charge in [0.05, 0.1) is 11.6 Å². The third-order valence-corrected chi connectivity index (χ3v) is 4.32. The highest BCUT2D eigenvalue weighted by Gasteiger charge is 2.48. The number of benzene rings is 1. The lowest BCUT2D eigenvalue weighted by Crippen LogP contribution is -2.61. The number of carboxylic acid groups (broad SMARTS) is 1. The molecule has 5 atom stereocenters. The molecule has 0 unspecified atom stereocenters. The highest BCUT2D eigenvalue weighted by Crippen LogP contribution is 2.31. The summed E-state index contributed by atoms with van der Waals surface area (Å²) in [7, 11) is 0. The number of carbonyl (C=O) groups is 2. The number of aliphatic hydroxyl groups is 3. The molecule has 0 spiro atoms. The SMILES string of the molecule is CCNc1cc(COC(=O)C(C)C)ccc1O[C@H]1O[C@@H](C(=O)O)[C@H](O)[C@@H](O)[C@@H]1O. The lowest BCUT2D eigenvalue weighted by atomic mass is 9.99. The van der Waals surface area contributed by atoms with Crippen LogP contribution in [-0.2, 0) is 25.7 Å². The minimum atomic E-state index is -1.80. The minimum absolute atomic E-state index is 0.0598. The van der Waals surface area contributed by atoms with Crippen LogP contribution < -0.4 is 10.1 Å². The summed E-state index contributed by atoms with van der Waals surface area (Å²) in [6, 6.07) is 4.86. The molecule has 1 aromatic carbocycles. The summed E-state index contributed by atoms with van der Waals surface area (Å²) in [5.41, 5.74) is 1.18. The van der Waals surface area contributed by atoms with Crippen LogP contribution in [0.4, 0.5) is 5.69 Å². The smallest absolute Gasteiger partial charge is 0.335 e. The van der Waals surface area contributed by atoms with E-state index < -0.39 is 36.7 Å². The van der Waals surface area contributed by atoms with Gasteiger partial charge >= 0.3 is 11.9 Å². The number of aliphatic carboxylic acids is 1. The number of aliphatic hydroxyl groups excluding tert-OH is 3. The number of anilines is 1. The van der Waals surface area contributed by atoms with Crippen molar-refractivity contribution in [2.75, 3.05) is 11.9 Å². The summed E-state index contributed by atoms with van der Waals surface area (Å²) in [4.78, 5) is 22.9. The van der Waals surface area contributed by atoms with E-state index in [-0.39, 0.29) is 24.2 Å². The molecule has 0 aliphatic carbocycles. The molecular weight excluding hydrogens is 386 g/mol. The van der Waals surface area contributed by atoms with Gasteiger partial charge in [-0.15, -0.1) is 0 Å². The van der Waals surface area contributed by atoms with Crippen LogP contribution in [0.15, 0.2) is 18.2 Å². The van der Waals surface area contributed by atoms with Crippen LogP contribution in [0, 0.1) is 5.92 Å². The zero-order chi connectivity index (χ0) is 21.7. The molecule has 0 saturated carbocycles. The van der Waals surface area contributed by atoms with Gasteiger partial charge in [0.25, 0.3) is 0 Å². The fourth-order valence-corrected chi connectivity index (χ4v) is 2.69. The van der Waals surface area contributed by atoms with Crippen LogP contribution in [0.2, 0.25) is 0 Å². The molecule has 1 aromatic rings. The Balaban J connectivity index is 2.18. The quantitative estimate of drug-likeness (QED) is 0.370. The Morgan fingerprint density at radius 2 is 1.86 bits per heavy atom. The summed E-state index contributed by atoms with van der Waals surface area (Å²) in [5, 5.41) is 42.0. The molecule has 10 heteroatoms. The predicted octanol–water partition coefficient (Wildman–Crippen LogP) is 0.0886. The summed E-state index contributed by atoms with van der Waals surface area (Å²) in [6.45, 7) is 5.90. The molecule has 1 aliphatic rings. The Labute approximate surface area is 168 Å². The Morgan fingerprint density at radius 3 is 2.45 bits per heavy atom. The van der Waals surface area contributed by atoms with E-state index in [1.54, 1.807) is 32.0 Å². The third-order valence-electron chi connectivity index (χ3n) is 4.32. The van der Waals surface area contributed by atoms with Gasteiger partial charge in [-0.1, -0.05) is 19.9 Å². The summed E-state index contributed by atoms with van der Waals surface area (Å²) >= 11 is 0. The Kier molecular flexibility index (Phi) is 7.80. The molecular formula is C19H27NO9. The van der Waals surface area contributed by atoms with Crippen LogP contribution in [0.3, 0.4) is 0 Å². The van der Waals surface area contributed by atoms with Crippen LogP contribution in [0.1, 0.15) is 26.3 Å². The first kappa shape index (κ1) is 22.9. The summed E-state index contributed by atoms with van der Waals surface area (Å²) < 4.78 is 15.9. The molecule has 162 valence electrons. The number of hydrogen-bond donors (Lipinski definition) is 5. The Morgan fingerprint density at radius 1 is 1.17 bits per heavy atom. The maximum Gasteiger partial charge on any atom is 0.335 e. The second-order valence-electron chi connectivity index (χ2n) is 6.98. The van der Waals surface area contributed by atoms with Crippen LogP contribution in [-0.4, -0.2) is 69.6 Å². The second-order valence-corrected chi connectivity index (χ2v) is 6.98. The number of carboxylic acids is 1. The molecule has 0 bridgehead atoms. The van der Waals surface area contributed by atoms with E-state index in [1.165, 1.54) is 0 Å². The summed E-state index contributed by atoms with van der Waals surface area (Å²) in [5.74, 6) is -1.85. The van der Waals surface area contributed by atoms with Crippen molar-refractivity contribution in [2.24, 2.45) is 5.92 Å². The van der Waals surface area contributed by atoms with E-state index in [4.69, 9.17) is 19.3 Å². The van der Waals surface area contributed by atoms with Crippen molar-refractivity contribution in [2.45, 2.75) is 58.1 Å². The third kappa shape index (κ3) is 5.57. The average molecular weight is 413 g/mol. The van der Waals surface area contributed by atoms with Crippen molar-refractivity contribution in [3.63, 3.8) is 0 Å². The standard InChI is InChI=1S/C19H27NO9/c1-4-20-11-7-10(8-27-18(26)9(2)3)5-6-12(11)28-19-15(23)13(21)14(22)16(29-19)17(24)25/h5-7,9,13-16,19-23H,4,8H2,1-3H3,(H,24,25)/t13-,14-,15+,16-,19+/m1/s1. The van der Waals surface area contributed by atoms with E-state index >= 15 is 0 Å². The Bertz CT molecular complexity index is 724. The van der Waals surface area contributed by atoms with Crippen molar-refractivity contribution < 1.29 is 44.2 Å². The van der Waals surface area contributed by atoms with E-state index in [0.717, 1.165) is 0 Å². The minimum Gasteiger partial charge on any atom is -0.479 e. The van der Waals surface area contributed by atoms with Crippen molar-refractivity contribution >= 4 is 17.6 Å². The number of rotatable bonds is 8. The average Bonchev–Trinajstić information content (AvgIpc) is 2.67. The van der Waals surface area contributed by atoms with Crippen molar-refractivity contribution in [3.05, 3.63) is 23.8 Å². The molecule has 29 heavy (non-hydrogen) atoms. The molecule has 0 radical (unpaired) electrons. The normalized spacial score (nSPS) is 26.8. The first-order valence-corrected chi connectivity index (χ1v) is 9.28. The molecule has 0 aromatic heterocycles. The van der Waals surface area contributed by atoms with Gasteiger partial charge in [-0.05, 0) is 24.6 Å². The molecule has 0 amide bonds. The van der Waals surface area contributed by atoms with E-state index in [9.17, 15) is 24.9 Å². The van der Waals surface area contributed by atoms with Gasteiger partial charge < -0.3 is 40.0 Å². The van der Waals surface area contributed by atoms with Gasteiger partial charge in [0.15, 0.2) is 6.10 Å². The van der Waals surface area contributed by atoms with Gasteiger partial charge in [-0.3, -0.25) is 4.79 Å². The van der Waals surface area contributed by atoms with E-state index in [0.29, 0.717) is 17.8 Å². The fourth-order valence-electron chi connectivity index (χ4n) is 2.69. The monoisotopic (exact) mass is 413 g/mol. The molecule has 1 fully saturated rings. The lowest BCUT2D eigenvalue weighted by molar-refractivity contribution is -0.271. The first-order valence-electron chi connectivity index (χ1n) is 9.28. The molecule has 10 nitrogen and oxygen atoms in total. The molecule has 2 rings (SSSR count). The van der Waals surface area contributed by atoms with Crippen LogP contribution >= 0.6 is 0 Å². The number of carbonyl (C=O) groups excluding carboxylic acids is 1. The number of hydrogen-bond acceptors (Lipinski definition) is 9. The Hall–Kier alpha value is -2.40. The fraction of sp³-hybridized carbons (Fsp3) is 0.579. The summed E-state index contributed by atoms with van der Waals surface area (Å²) in [6.07, 6.45) is -8.49. The van der Waals surface area contributed by atoms with Gasteiger partial charge in [0.2, 0.25) is 6.29 Å². The van der Waals surface area contributed by atoms with Gasteiger partial charge in [-0.2, -0.15) is 0 Å². The lowest BCUT2D eigenvalue weighted by Gasteiger charge is -2.38. The van der Waals surface area contributed by atoms with E-state index in [2.05, 4.69) is 5.32 Å². The number of ether oxygens (including phenoxy) is 3. The van der Waals surface area contributed by atoms with Crippen molar-refractivity contribution in [1.82, 2.24) is 0 Å². The van der Waals surface area contributed by atoms with E-state index in [1.807, 2.05) is 6.92 Å². The highest BCUT2D eigenvalue weighted by atomic mass is 16.7. The molecule has 1 aliphatic heterocycles. The molecule has 1 saturated heterocycles. The zero-order valence-electron chi connectivity index (χ0n) is 16.4. The van der Waals surface area contributed by atoms with Gasteiger partial charge in [0.1, 0.15) is 30.7 Å². The molecule has 1 heterocycles. The maximum atomic E-state index is 11.6. The predicted molar refractivity (Wildman–Crippen MR) is 100 cm³/mol. The van der Waals surface area contributed by atoms with Crippen LogP contribution in [0.5, 0.6) is 5.75 Å². The largest absolute Gasteiger partial charge is 0.479 e. The van der Waals surface area contributed by atoms with Gasteiger partial charge in [0, 0.05) is 6.54 Å². The van der Waals surface area contributed by atoms with Crippen LogP contribution in [0.25, 0.3) is 0 Å². The number of nitrogens with one attached hydrogen (secondary N) is 1.